The third-order valence-corrected chi connectivity index (χ3v) is 8.29. The average molecular weight is 363 g/mol. The second kappa shape index (κ2) is 7.16. The molecule has 1 saturated heterocycles. The Kier molecular flexibility index (Phi) is 5.04. The molecule has 4 rings (SSSR count). The van der Waals surface area contributed by atoms with Gasteiger partial charge in [-0.1, -0.05) is 26.7 Å². The number of hydrogen-bond donors (Lipinski definition) is 0. The Morgan fingerprint density at radius 1 is 1.12 bits per heavy atom. The number of carbonyl (C=O) groups excluding carboxylic acids is 2. The van der Waals surface area contributed by atoms with Gasteiger partial charge in [-0.2, -0.15) is 0 Å². The van der Waals surface area contributed by atoms with Crippen molar-refractivity contribution in [2.75, 3.05) is 6.61 Å². The van der Waals surface area contributed by atoms with Gasteiger partial charge in [0.2, 0.25) is 0 Å². The summed E-state index contributed by atoms with van der Waals surface area (Å²) >= 11 is 0. The van der Waals surface area contributed by atoms with Crippen LogP contribution in [0.1, 0.15) is 65.7 Å². The molecule has 3 saturated carbocycles. The van der Waals surface area contributed by atoms with E-state index in [1.54, 1.807) is 0 Å². The molecule has 4 fully saturated rings. The van der Waals surface area contributed by atoms with Crippen LogP contribution in [0.5, 0.6) is 0 Å². The standard InChI is InChI=1S/C22H34O4/c1-4-13-8-14(5-2)21-18-10-16(20(13)21)9-15(18)11-19(26-12(3)23)17-6-7-25-22(17)24/h13-21H,4-11H2,1-3H3. The first-order chi connectivity index (χ1) is 12.5. The highest BCUT2D eigenvalue weighted by atomic mass is 16.6. The fraction of sp³-hybridized carbons (Fsp3) is 0.909. The Hall–Kier alpha value is -1.06. The normalized spacial score (nSPS) is 44.8. The van der Waals surface area contributed by atoms with Crippen molar-refractivity contribution >= 4 is 11.9 Å². The third-order valence-electron chi connectivity index (χ3n) is 8.29. The van der Waals surface area contributed by atoms with Crippen molar-refractivity contribution in [2.45, 2.75) is 71.8 Å². The Morgan fingerprint density at radius 2 is 1.85 bits per heavy atom. The quantitative estimate of drug-likeness (QED) is 0.664. The van der Waals surface area contributed by atoms with Crippen molar-refractivity contribution in [1.29, 1.82) is 0 Å². The van der Waals surface area contributed by atoms with Gasteiger partial charge in [-0.15, -0.1) is 0 Å². The van der Waals surface area contributed by atoms with E-state index in [-0.39, 0.29) is 24.0 Å². The van der Waals surface area contributed by atoms with E-state index in [0.29, 0.717) is 18.9 Å². The Labute approximate surface area is 157 Å². The lowest BCUT2D eigenvalue weighted by Gasteiger charge is -2.37. The monoisotopic (exact) mass is 362 g/mol. The minimum Gasteiger partial charge on any atom is -0.465 e. The molecule has 26 heavy (non-hydrogen) atoms. The molecule has 1 heterocycles. The molecule has 9 unspecified atom stereocenters. The lowest BCUT2D eigenvalue weighted by atomic mass is 9.69. The number of cyclic esters (lactones) is 1. The zero-order chi connectivity index (χ0) is 18.4. The van der Waals surface area contributed by atoms with E-state index in [2.05, 4.69) is 13.8 Å². The molecular formula is C22H34O4. The summed E-state index contributed by atoms with van der Waals surface area (Å²) in [5, 5.41) is 0. The summed E-state index contributed by atoms with van der Waals surface area (Å²) in [6.45, 7) is 6.65. The van der Waals surface area contributed by atoms with E-state index in [9.17, 15) is 9.59 Å². The summed E-state index contributed by atoms with van der Waals surface area (Å²) in [5.41, 5.74) is 0. The summed E-state index contributed by atoms with van der Waals surface area (Å²) < 4.78 is 10.8. The highest BCUT2D eigenvalue weighted by Gasteiger charge is 2.59. The largest absolute Gasteiger partial charge is 0.465 e. The van der Waals surface area contributed by atoms with E-state index < -0.39 is 0 Å². The van der Waals surface area contributed by atoms with Crippen LogP contribution in [0, 0.1) is 47.3 Å². The van der Waals surface area contributed by atoms with E-state index in [1.807, 2.05) is 0 Å². The first kappa shape index (κ1) is 18.3. The molecule has 4 nitrogen and oxygen atoms in total. The predicted octanol–water partition coefficient (Wildman–Crippen LogP) is 4.22. The number of hydrogen-bond acceptors (Lipinski definition) is 4. The van der Waals surface area contributed by atoms with Crippen molar-refractivity contribution in [3.63, 3.8) is 0 Å². The number of carbonyl (C=O) groups is 2. The molecule has 0 amide bonds. The van der Waals surface area contributed by atoms with Gasteiger partial charge >= 0.3 is 11.9 Å². The summed E-state index contributed by atoms with van der Waals surface area (Å²) in [6.07, 6.45) is 7.97. The highest BCUT2D eigenvalue weighted by molar-refractivity contribution is 5.75. The average Bonchev–Trinajstić information content (AvgIpc) is 3.34. The number of fused-ring (bicyclic) bond motifs is 5. The van der Waals surface area contributed by atoms with Crippen molar-refractivity contribution in [3.05, 3.63) is 0 Å². The van der Waals surface area contributed by atoms with Crippen LogP contribution in [-0.2, 0) is 19.1 Å². The van der Waals surface area contributed by atoms with Gasteiger partial charge in [-0.05, 0) is 73.5 Å². The molecule has 0 spiro atoms. The second-order valence-corrected chi connectivity index (χ2v) is 9.33. The van der Waals surface area contributed by atoms with Crippen LogP contribution >= 0.6 is 0 Å². The summed E-state index contributed by atoms with van der Waals surface area (Å²) in [7, 11) is 0. The zero-order valence-electron chi connectivity index (χ0n) is 16.5. The van der Waals surface area contributed by atoms with E-state index in [0.717, 1.165) is 41.9 Å². The van der Waals surface area contributed by atoms with Gasteiger partial charge in [0.15, 0.2) is 0 Å². The van der Waals surface area contributed by atoms with Gasteiger partial charge < -0.3 is 9.47 Å². The van der Waals surface area contributed by atoms with Crippen LogP contribution in [0.3, 0.4) is 0 Å². The first-order valence-corrected chi connectivity index (χ1v) is 10.9. The predicted molar refractivity (Wildman–Crippen MR) is 98.1 cm³/mol. The summed E-state index contributed by atoms with van der Waals surface area (Å²) in [4.78, 5) is 23.7. The van der Waals surface area contributed by atoms with Crippen molar-refractivity contribution in [2.24, 2.45) is 47.3 Å². The number of ether oxygens (including phenoxy) is 2. The van der Waals surface area contributed by atoms with Crippen LogP contribution in [-0.4, -0.2) is 24.6 Å². The minimum atomic E-state index is -0.284. The second-order valence-electron chi connectivity index (χ2n) is 9.33. The number of esters is 2. The SMILES string of the molecule is CCC1CC(CC)C2C3CC(CC3CC(OC(C)=O)C3CCOC3=O)C12. The van der Waals surface area contributed by atoms with Crippen LogP contribution in [0.15, 0.2) is 0 Å². The summed E-state index contributed by atoms with van der Waals surface area (Å²) in [5.74, 6) is 5.20. The van der Waals surface area contributed by atoms with Gasteiger partial charge in [0, 0.05) is 6.92 Å². The molecule has 0 aromatic carbocycles. The summed E-state index contributed by atoms with van der Waals surface area (Å²) in [6, 6.07) is 0. The van der Waals surface area contributed by atoms with Crippen molar-refractivity contribution in [1.82, 2.24) is 0 Å². The van der Waals surface area contributed by atoms with Gasteiger partial charge in [-0.25, -0.2) is 0 Å². The molecule has 3 aliphatic carbocycles. The van der Waals surface area contributed by atoms with Crippen molar-refractivity contribution < 1.29 is 19.1 Å². The van der Waals surface area contributed by atoms with E-state index in [1.165, 1.54) is 39.0 Å². The first-order valence-electron chi connectivity index (χ1n) is 10.9. The fourth-order valence-electron chi connectivity index (χ4n) is 7.46. The van der Waals surface area contributed by atoms with Crippen LogP contribution in [0.2, 0.25) is 0 Å². The maximum absolute atomic E-state index is 12.1. The van der Waals surface area contributed by atoms with E-state index >= 15 is 0 Å². The molecule has 0 aromatic rings. The molecule has 9 atom stereocenters. The van der Waals surface area contributed by atoms with Crippen LogP contribution < -0.4 is 0 Å². The highest BCUT2D eigenvalue weighted by Crippen LogP contribution is 2.66. The Balaban J connectivity index is 1.49. The fourth-order valence-corrected chi connectivity index (χ4v) is 7.46. The van der Waals surface area contributed by atoms with Gasteiger partial charge in [-0.3, -0.25) is 9.59 Å². The zero-order valence-corrected chi connectivity index (χ0v) is 16.5. The van der Waals surface area contributed by atoms with Crippen LogP contribution in [0.25, 0.3) is 0 Å². The molecule has 4 heteroatoms. The minimum absolute atomic E-state index is 0.171. The lowest BCUT2D eigenvalue weighted by Crippen LogP contribution is -2.36. The Morgan fingerprint density at radius 3 is 2.46 bits per heavy atom. The molecule has 2 bridgehead atoms. The maximum Gasteiger partial charge on any atom is 0.312 e. The van der Waals surface area contributed by atoms with Crippen molar-refractivity contribution in [3.8, 4) is 0 Å². The molecule has 0 aromatic heterocycles. The smallest absolute Gasteiger partial charge is 0.312 e. The topological polar surface area (TPSA) is 52.6 Å². The molecule has 0 N–H and O–H groups in total. The molecule has 146 valence electrons. The van der Waals surface area contributed by atoms with Gasteiger partial charge in [0.1, 0.15) is 6.10 Å². The molecule has 4 aliphatic rings. The maximum atomic E-state index is 12.1. The third kappa shape index (κ3) is 2.97. The van der Waals surface area contributed by atoms with E-state index in [4.69, 9.17) is 9.47 Å². The van der Waals surface area contributed by atoms with Gasteiger partial charge in [0.25, 0.3) is 0 Å². The van der Waals surface area contributed by atoms with Gasteiger partial charge in [0.05, 0.1) is 12.5 Å². The molecular weight excluding hydrogens is 328 g/mol. The molecule has 1 aliphatic heterocycles. The molecule has 0 radical (unpaired) electrons. The lowest BCUT2D eigenvalue weighted by molar-refractivity contribution is -0.156. The van der Waals surface area contributed by atoms with Crippen LogP contribution in [0.4, 0.5) is 0 Å². The Bertz CT molecular complexity index is 558. The number of rotatable bonds is 6.